The second-order valence-corrected chi connectivity index (χ2v) is 3.80. The maximum absolute atomic E-state index is 11.9. The molecule has 0 aromatic heterocycles. The lowest BCUT2D eigenvalue weighted by Gasteiger charge is -2.46. The summed E-state index contributed by atoms with van der Waals surface area (Å²) in [7, 11) is 0. The number of rotatable bonds is 3. The van der Waals surface area contributed by atoms with E-state index in [1.165, 1.54) is 0 Å². The summed E-state index contributed by atoms with van der Waals surface area (Å²) in [4.78, 5) is 2.03. The van der Waals surface area contributed by atoms with Crippen LogP contribution in [0.3, 0.4) is 0 Å². The van der Waals surface area contributed by atoms with Crippen LogP contribution in [-0.2, 0) is 4.74 Å². The van der Waals surface area contributed by atoms with Gasteiger partial charge in [-0.1, -0.05) is 0 Å². The Morgan fingerprint density at radius 3 is 2.77 bits per heavy atom. The maximum atomic E-state index is 11.9. The molecule has 0 radical (unpaired) electrons. The van der Waals surface area contributed by atoms with Gasteiger partial charge in [-0.2, -0.15) is 8.78 Å². The van der Waals surface area contributed by atoms with Crippen molar-refractivity contribution in [2.45, 2.75) is 31.1 Å². The highest BCUT2D eigenvalue weighted by Crippen LogP contribution is 2.41. The molecule has 2 fully saturated rings. The Labute approximate surface area is 75.3 Å². The van der Waals surface area contributed by atoms with Crippen LogP contribution in [0.1, 0.15) is 12.8 Å². The van der Waals surface area contributed by atoms with Crippen LogP contribution in [0.25, 0.3) is 0 Å². The van der Waals surface area contributed by atoms with Gasteiger partial charge in [-0.25, -0.2) is 0 Å². The molecule has 2 rings (SSSR count). The molecule has 2 aliphatic rings. The third-order valence-electron chi connectivity index (χ3n) is 3.14. The summed E-state index contributed by atoms with van der Waals surface area (Å²) in [5, 5.41) is 9.11. The van der Waals surface area contributed by atoms with Gasteiger partial charge in [0.15, 0.2) is 0 Å². The fraction of sp³-hybridized carbons (Fsp3) is 1.00. The van der Waals surface area contributed by atoms with Crippen LogP contribution in [-0.4, -0.2) is 48.0 Å². The molecule has 2 atom stereocenters. The Hall–Kier alpha value is -0.260. The zero-order chi connectivity index (χ0) is 9.47. The average molecular weight is 193 g/mol. The van der Waals surface area contributed by atoms with Crippen molar-refractivity contribution in [3.05, 3.63) is 0 Å². The minimum Gasteiger partial charge on any atom is -0.394 e. The molecule has 0 unspecified atom stereocenters. The quantitative estimate of drug-likeness (QED) is 0.705. The Morgan fingerprint density at radius 1 is 1.62 bits per heavy atom. The number of fused-ring (bicyclic) bond motifs is 1. The van der Waals surface area contributed by atoms with Gasteiger partial charge in [-0.3, -0.25) is 4.90 Å². The van der Waals surface area contributed by atoms with Crippen LogP contribution in [0.2, 0.25) is 0 Å². The highest BCUT2D eigenvalue weighted by molar-refractivity contribution is 5.06. The van der Waals surface area contributed by atoms with E-state index in [1.807, 2.05) is 4.90 Å². The lowest BCUT2D eigenvalue weighted by molar-refractivity contribution is -0.158. The van der Waals surface area contributed by atoms with Crippen LogP contribution < -0.4 is 0 Å². The van der Waals surface area contributed by atoms with E-state index < -0.39 is 12.7 Å². The molecule has 0 aromatic carbocycles. The zero-order valence-corrected chi connectivity index (χ0v) is 7.25. The molecule has 0 saturated carbocycles. The molecule has 0 bridgehead atoms. The Morgan fingerprint density at radius 2 is 2.38 bits per heavy atom. The number of aliphatic hydroxyl groups excluding tert-OH is 1. The minimum atomic E-state index is -2.69. The van der Waals surface area contributed by atoms with Crippen molar-refractivity contribution in [3.8, 4) is 0 Å². The molecule has 0 aromatic rings. The number of nitrogens with zero attached hydrogens (tertiary/aromatic N) is 1. The molecule has 1 N–H and O–H groups in total. The van der Waals surface area contributed by atoms with Crippen LogP contribution >= 0.6 is 0 Å². The molecule has 76 valence electrons. The Kier molecular flexibility index (Phi) is 2.25. The molecule has 5 heteroatoms. The largest absolute Gasteiger partial charge is 0.394 e. The first-order chi connectivity index (χ1) is 6.16. The van der Waals surface area contributed by atoms with Gasteiger partial charge in [0.25, 0.3) is 0 Å². The van der Waals surface area contributed by atoms with Crippen molar-refractivity contribution >= 4 is 0 Å². The standard InChI is InChI=1S/C8H13F2NO2/c9-7(10)13-6-3-8(5-12)1-2-11(8)4-6/h6-7,12H,1-5H2/t6-,8-/m1/s1. The zero-order valence-electron chi connectivity index (χ0n) is 7.25. The van der Waals surface area contributed by atoms with Crippen molar-refractivity contribution in [2.24, 2.45) is 0 Å². The Balaban J connectivity index is 1.92. The Bertz CT molecular complexity index is 199. The van der Waals surface area contributed by atoms with E-state index in [-0.39, 0.29) is 12.1 Å². The van der Waals surface area contributed by atoms with Crippen molar-refractivity contribution in [1.29, 1.82) is 0 Å². The fourth-order valence-electron chi connectivity index (χ4n) is 2.32. The number of hydrogen-bond donors (Lipinski definition) is 1. The van der Waals surface area contributed by atoms with Crippen molar-refractivity contribution in [2.75, 3.05) is 19.7 Å². The fourth-order valence-corrected chi connectivity index (χ4v) is 2.32. The number of aliphatic hydroxyl groups is 1. The molecule has 2 heterocycles. The molecule has 2 aliphatic heterocycles. The van der Waals surface area contributed by atoms with Gasteiger partial charge in [-0.15, -0.1) is 0 Å². The van der Waals surface area contributed by atoms with Gasteiger partial charge in [-0.05, 0) is 12.8 Å². The summed E-state index contributed by atoms with van der Waals surface area (Å²) in [6.45, 7) is -1.22. The first-order valence-electron chi connectivity index (χ1n) is 4.46. The predicted octanol–water partition coefficient (Wildman–Crippen LogP) is 0.435. The van der Waals surface area contributed by atoms with Crippen LogP contribution in [0.15, 0.2) is 0 Å². The van der Waals surface area contributed by atoms with Crippen molar-refractivity contribution in [3.63, 3.8) is 0 Å². The monoisotopic (exact) mass is 193 g/mol. The molecular formula is C8H13F2NO2. The normalized spacial score (nSPS) is 39.2. The van der Waals surface area contributed by atoms with E-state index in [0.717, 1.165) is 13.0 Å². The SMILES string of the molecule is OC[C@]12CCN1C[C@H](OC(F)F)C2. The lowest BCUT2D eigenvalue weighted by Crippen LogP contribution is -2.57. The molecule has 2 saturated heterocycles. The summed E-state index contributed by atoms with van der Waals surface area (Å²) in [6.07, 6.45) is 1.02. The van der Waals surface area contributed by atoms with Gasteiger partial charge < -0.3 is 9.84 Å². The van der Waals surface area contributed by atoms with Crippen LogP contribution in [0.5, 0.6) is 0 Å². The summed E-state index contributed by atoms with van der Waals surface area (Å²) in [5.41, 5.74) is -0.237. The van der Waals surface area contributed by atoms with Gasteiger partial charge >= 0.3 is 6.61 Å². The van der Waals surface area contributed by atoms with E-state index in [0.29, 0.717) is 13.0 Å². The van der Waals surface area contributed by atoms with Crippen LogP contribution in [0, 0.1) is 0 Å². The molecule has 13 heavy (non-hydrogen) atoms. The van der Waals surface area contributed by atoms with Gasteiger partial charge in [0.2, 0.25) is 0 Å². The molecule has 0 aliphatic carbocycles. The summed E-state index contributed by atoms with van der Waals surface area (Å²) < 4.78 is 28.2. The second-order valence-electron chi connectivity index (χ2n) is 3.80. The van der Waals surface area contributed by atoms with Crippen molar-refractivity contribution < 1.29 is 18.6 Å². The summed E-state index contributed by atoms with van der Waals surface area (Å²) in [5.74, 6) is 0. The topological polar surface area (TPSA) is 32.7 Å². The van der Waals surface area contributed by atoms with E-state index in [9.17, 15) is 8.78 Å². The summed E-state index contributed by atoms with van der Waals surface area (Å²) >= 11 is 0. The van der Waals surface area contributed by atoms with E-state index in [1.54, 1.807) is 0 Å². The number of ether oxygens (including phenoxy) is 1. The van der Waals surface area contributed by atoms with Gasteiger partial charge in [0.1, 0.15) is 0 Å². The van der Waals surface area contributed by atoms with E-state index in [4.69, 9.17) is 5.11 Å². The number of alkyl halides is 2. The number of halogens is 2. The first kappa shape index (κ1) is 9.30. The van der Waals surface area contributed by atoms with Gasteiger partial charge in [0.05, 0.1) is 12.7 Å². The van der Waals surface area contributed by atoms with E-state index in [2.05, 4.69) is 4.74 Å². The summed E-state index contributed by atoms with van der Waals surface area (Å²) in [6, 6.07) is 0. The van der Waals surface area contributed by atoms with Crippen molar-refractivity contribution in [1.82, 2.24) is 4.90 Å². The first-order valence-corrected chi connectivity index (χ1v) is 4.46. The lowest BCUT2D eigenvalue weighted by atomic mass is 9.86. The number of hydrogen-bond acceptors (Lipinski definition) is 3. The third kappa shape index (κ3) is 1.45. The highest BCUT2D eigenvalue weighted by Gasteiger charge is 2.52. The highest BCUT2D eigenvalue weighted by atomic mass is 19.3. The van der Waals surface area contributed by atoms with Gasteiger partial charge in [0, 0.05) is 18.6 Å². The molecular weight excluding hydrogens is 180 g/mol. The average Bonchev–Trinajstić information content (AvgIpc) is 2.27. The molecule has 0 spiro atoms. The minimum absolute atomic E-state index is 0.0517. The smallest absolute Gasteiger partial charge is 0.345 e. The third-order valence-corrected chi connectivity index (χ3v) is 3.14. The van der Waals surface area contributed by atoms with Crippen LogP contribution in [0.4, 0.5) is 8.78 Å². The molecule has 0 amide bonds. The maximum Gasteiger partial charge on any atom is 0.345 e. The second kappa shape index (κ2) is 3.15. The molecule has 3 nitrogen and oxygen atoms in total. The van der Waals surface area contributed by atoms with E-state index >= 15 is 0 Å². The predicted molar refractivity (Wildman–Crippen MR) is 41.5 cm³/mol.